The molecule has 1 aromatic carbocycles. The van der Waals surface area contributed by atoms with E-state index in [0.717, 1.165) is 6.42 Å². The highest BCUT2D eigenvalue weighted by atomic mass is 16.6. The largest absolute Gasteiger partial charge is 0.379 e. The number of nitrogens with zero attached hydrogens (tertiary/aromatic N) is 2. The van der Waals surface area contributed by atoms with Crippen LogP contribution in [0.1, 0.15) is 37.6 Å². The van der Waals surface area contributed by atoms with Gasteiger partial charge in [0.15, 0.2) is 0 Å². The van der Waals surface area contributed by atoms with Crippen LogP contribution in [0.4, 0.5) is 11.4 Å². The number of benzene rings is 1. The van der Waals surface area contributed by atoms with Crippen LogP contribution in [0, 0.1) is 10.1 Å². The van der Waals surface area contributed by atoms with Crippen molar-refractivity contribution in [2.75, 3.05) is 25.0 Å². The Bertz CT molecular complexity index is 485. The zero-order valence-corrected chi connectivity index (χ0v) is 12.2. The number of hydrogen-bond acceptors (Lipinski definition) is 4. The Morgan fingerprint density at radius 1 is 1.30 bits per heavy atom. The third-order valence-corrected chi connectivity index (χ3v) is 3.06. The smallest absolute Gasteiger partial charge is 0.292 e. The van der Waals surface area contributed by atoms with Crippen LogP contribution in [0.15, 0.2) is 18.2 Å². The summed E-state index contributed by atoms with van der Waals surface area (Å²) >= 11 is 0. The fraction of sp³-hybridized carbons (Fsp3) is 0.500. The van der Waals surface area contributed by atoms with Crippen LogP contribution in [0.5, 0.6) is 0 Å². The maximum atomic E-state index is 12.2. The molecule has 0 aliphatic rings. The summed E-state index contributed by atoms with van der Waals surface area (Å²) < 4.78 is 0. The summed E-state index contributed by atoms with van der Waals surface area (Å²) in [7, 11) is 0. The molecule has 1 N–H and O–H groups in total. The topological polar surface area (TPSA) is 75.5 Å². The predicted molar refractivity (Wildman–Crippen MR) is 79.1 cm³/mol. The molecule has 20 heavy (non-hydrogen) atoms. The molecule has 0 heterocycles. The molecular weight excluding hydrogens is 258 g/mol. The van der Waals surface area contributed by atoms with Crippen LogP contribution < -0.4 is 5.32 Å². The lowest BCUT2D eigenvalue weighted by molar-refractivity contribution is -0.384. The van der Waals surface area contributed by atoms with Crippen molar-refractivity contribution in [3.8, 4) is 0 Å². The van der Waals surface area contributed by atoms with E-state index in [0.29, 0.717) is 30.9 Å². The number of nitrogens with one attached hydrogen (secondary N) is 1. The quantitative estimate of drug-likeness (QED) is 0.615. The zero-order valence-electron chi connectivity index (χ0n) is 12.2. The Labute approximate surface area is 118 Å². The number of nitro benzene ring substituents is 1. The Morgan fingerprint density at radius 3 is 2.45 bits per heavy atom. The highest BCUT2D eigenvalue weighted by molar-refractivity contribution is 5.96. The maximum absolute atomic E-state index is 12.2. The van der Waals surface area contributed by atoms with Crippen molar-refractivity contribution in [3.05, 3.63) is 33.9 Å². The lowest BCUT2D eigenvalue weighted by Crippen LogP contribution is -2.30. The summed E-state index contributed by atoms with van der Waals surface area (Å²) in [6.07, 6.45) is 0.853. The predicted octanol–water partition coefficient (Wildman–Crippen LogP) is 2.90. The van der Waals surface area contributed by atoms with E-state index in [2.05, 4.69) is 5.32 Å². The number of carbonyl (C=O) groups is 1. The number of anilines is 1. The molecule has 6 nitrogen and oxygen atoms in total. The average molecular weight is 279 g/mol. The maximum Gasteiger partial charge on any atom is 0.292 e. The van der Waals surface area contributed by atoms with Crippen molar-refractivity contribution in [2.24, 2.45) is 0 Å². The molecule has 0 unspecified atom stereocenters. The molecule has 0 aliphatic heterocycles. The van der Waals surface area contributed by atoms with E-state index >= 15 is 0 Å². The molecule has 0 saturated heterocycles. The van der Waals surface area contributed by atoms with E-state index in [1.807, 2.05) is 20.8 Å². The molecule has 0 atom stereocenters. The van der Waals surface area contributed by atoms with Crippen molar-refractivity contribution >= 4 is 17.3 Å². The molecule has 110 valence electrons. The monoisotopic (exact) mass is 279 g/mol. The molecule has 0 bridgehead atoms. The molecule has 0 spiro atoms. The third kappa shape index (κ3) is 3.69. The van der Waals surface area contributed by atoms with Gasteiger partial charge in [-0.1, -0.05) is 6.92 Å². The summed E-state index contributed by atoms with van der Waals surface area (Å²) in [5.74, 6) is -0.107. The first-order valence-electron chi connectivity index (χ1n) is 6.86. The Balaban J connectivity index is 3.11. The fourth-order valence-electron chi connectivity index (χ4n) is 1.92. The fourth-order valence-corrected chi connectivity index (χ4v) is 1.92. The number of nitro groups is 1. The van der Waals surface area contributed by atoms with Gasteiger partial charge in [0, 0.05) is 31.3 Å². The van der Waals surface area contributed by atoms with E-state index in [-0.39, 0.29) is 11.6 Å². The van der Waals surface area contributed by atoms with Crippen LogP contribution in [0.3, 0.4) is 0 Å². The summed E-state index contributed by atoms with van der Waals surface area (Å²) in [6.45, 7) is 7.65. The summed E-state index contributed by atoms with van der Waals surface area (Å²) in [6, 6.07) is 4.46. The molecule has 0 saturated carbocycles. The van der Waals surface area contributed by atoms with Gasteiger partial charge in [-0.25, -0.2) is 0 Å². The Hall–Kier alpha value is -2.11. The van der Waals surface area contributed by atoms with Gasteiger partial charge in [0.2, 0.25) is 0 Å². The van der Waals surface area contributed by atoms with Crippen molar-refractivity contribution in [2.45, 2.75) is 27.2 Å². The van der Waals surface area contributed by atoms with Gasteiger partial charge in [-0.15, -0.1) is 0 Å². The Kier molecular flexibility index (Phi) is 5.96. The second kappa shape index (κ2) is 7.47. The second-order valence-electron chi connectivity index (χ2n) is 4.39. The van der Waals surface area contributed by atoms with Gasteiger partial charge in [0.05, 0.1) is 4.92 Å². The summed E-state index contributed by atoms with van der Waals surface area (Å²) in [5.41, 5.74) is 0.863. The van der Waals surface area contributed by atoms with Gasteiger partial charge in [-0.2, -0.15) is 0 Å². The Morgan fingerprint density at radius 2 is 1.95 bits per heavy atom. The van der Waals surface area contributed by atoms with Gasteiger partial charge in [-0.05, 0) is 32.4 Å². The van der Waals surface area contributed by atoms with Gasteiger partial charge < -0.3 is 10.2 Å². The average Bonchev–Trinajstić information content (AvgIpc) is 2.45. The number of rotatable bonds is 7. The van der Waals surface area contributed by atoms with Crippen LogP contribution in [0.2, 0.25) is 0 Å². The second-order valence-corrected chi connectivity index (χ2v) is 4.39. The third-order valence-electron chi connectivity index (χ3n) is 3.06. The van der Waals surface area contributed by atoms with E-state index in [1.165, 1.54) is 12.1 Å². The highest BCUT2D eigenvalue weighted by Gasteiger charge is 2.18. The number of hydrogen-bond donors (Lipinski definition) is 1. The SMILES string of the molecule is CCCNc1cc(C(=O)N(CC)CC)ccc1[N+](=O)[O-]. The zero-order chi connectivity index (χ0) is 15.1. The molecule has 1 rings (SSSR count). The molecule has 0 aromatic heterocycles. The molecule has 1 aromatic rings. The van der Waals surface area contributed by atoms with Gasteiger partial charge in [0.25, 0.3) is 11.6 Å². The first-order valence-corrected chi connectivity index (χ1v) is 6.86. The van der Waals surface area contributed by atoms with Gasteiger partial charge in [0.1, 0.15) is 5.69 Å². The standard InChI is InChI=1S/C14H21N3O3/c1-4-9-15-12-10-11(7-8-13(12)17(19)20)14(18)16(5-2)6-3/h7-8,10,15H,4-6,9H2,1-3H3. The van der Waals surface area contributed by atoms with Gasteiger partial charge in [-0.3, -0.25) is 14.9 Å². The van der Waals surface area contributed by atoms with Crippen molar-refractivity contribution in [1.82, 2.24) is 4.90 Å². The molecule has 0 aliphatic carbocycles. The van der Waals surface area contributed by atoms with Crippen LogP contribution in [0.25, 0.3) is 0 Å². The van der Waals surface area contributed by atoms with Crippen molar-refractivity contribution in [1.29, 1.82) is 0 Å². The van der Waals surface area contributed by atoms with E-state index in [1.54, 1.807) is 11.0 Å². The molecule has 6 heteroatoms. The molecular formula is C14H21N3O3. The van der Waals surface area contributed by atoms with Crippen LogP contribution in [-0.2, 0) is 0 Å². The molecule has 1 amide bonds. The first-order chi connectivity index (χ1) is 9.54. The highest BCUT2D eigenvalue weighted by Crippen LogP contribution is 2.26. The first kappa shape index (κ1) is 15.9. The molecule has 0 radical (unpaired) electrons. The van der Waals surface area contributed by atoms with E-state index in [4.69, 9.17) is 0 Å². The minimum atomic E-state index is -0.441. The minimum absolute atomic E-state index is 0.00505. The lowest BCUT2D eigenvalue weighted by Gasteiger charge is -2.19. The molecule has 0 fully saturated rings. The van der Waals surface area contributed by atoms with Crippen LogP contribution in [-0.4, -0.2) is 35.4 Å². The summed E-state index contributed by atoms with van der Waals surface area (Å²) in [4.78, 5) is 24.5. The van der Waals surface area contributed by atoms with E-state index in [9.17, 15) is 14.9 Å². The number of carbonyl (C=O) groups excluding carboxylic acids is 1. The summed E-state index contributed by atoms with van der Waals surface area (Å²) in [5, 5.41) is 14.0. The normalized spacial score (nSPS) is 10.2. The van der Waals surface area contributed by atoms with Crippen LogP contribution >= 0.6 is 0 Å². The van der Waals surface area contributed by atoms with Crippen molar-refractivity contribution < 1.29 is 9.72 Å². The lowest BCUT2D eigenvalue weighted by atomic mass is 10.1. The minimum Gasteiger partial charge on any atom is -0.379 e. The van der Waals surface area contributed by atoms with E-state index < -0.39 is 4.92 Å². The van der Waals surface area contributed by atoms with Gasteiger partial charge >= 0.3 is 0 Å². The number of amides is 1. The van der Waals surface area contributed by atoms with Crippen molar-refractivity contribution in [3.63, 3.8) is 0 Å².